The summed E-state index contributed by atoms with van der Waals surface area (Å²) in [5.74, 6) is -0.311. The van der Waals surface area contributed by atoms with Gasteiger partial charge in [0, 0.05) is 4.47 Å². The molecule has 84 valence electrons. The third-order valence-electron chi connectivity index (χ3n) is 2.34. The molecule has 0 radical (unpaired) electrons. The van der Waals surface area contributed by atoms with E-state index >= 15 is 0 Å². The van der Waals surface area contributed by atoms with E-state index in [1.165, 1.54) is 7.11 Å². The summed E-state index contributed by atoms with van der Waals surface area (Å²) in [5.41, 5.74) is 2.37. The fourth-order valence-corrected chi connectivity index (χ4v) is 1.95. The average molecular weight is 282 g/mol. The molecule has 1 rings (SSSR count). The summed E-state index contributed by atoms with van der Waals surface area (Å²) in [6, 6.07) is 5.75. The lowest BCUT2D eigenvalue weighted by Gasteiger charge is -2.07. The third kappa shape index (κ3) is 2.83. The second kappa shape index (κ2) is 5.66. The number of carbonyl (C=O) groups excluding carboxylic acids is 1. The Kier molecular flexibility index (Phi) is 4.51. The van der Waals surface area contributed by atoms with E-state index in [4.69, 9.17) is 5.26 Å². The van der Waals surface area contributed by atoms with Crippen LogP contribution in [0.4, 0.5) is 0 Å². The largest absolute Gasteiger partial charge is 0.469 e. The Hall–Kier alpha value is -1.34. The Balaban J connectivity index is 3.12. The first-order valence-electron chi connectivity index (χ1n) is 4.90. The molecule has 0 saturated carbocycles. The van der Waals surface area contributed by atoms with Crippen LogP contribution in [0.25, 0.3) is 0 Å². The van der Waals surface area contributed by atoms with Crippen LogP contribution in [-0.4, -0.2) is 13.1 Å². The number of carbonyl (C=O) groups is 1. The number of ether oxygens (including phenoxy) is 1. The van der Waals surface area contributed by atoms with Crippen LogP contribution in [0.1, 0.15) is 23.6 Å². The number of halogens is 1. The molecule has 0 fully saturated rings. The Labute approximate surface area is 103 Å². The number of aryl methyl sites for hydroxylation is 1. The quantitative estimate of drug-likeness (QED) is 0.801. The van der Waals surface area contributed by atoms with Gasteiger partial charge in [0.25, 0.3) is 0 Å². The number of esters is 1. The van der Waals surface area contributed by atoms with Crippen LogP contribution in [0, 0.1) is 11.3 Å². The van der Waals surface area contributed by atoms with E-state index in [0.29, 0.717) is 5.56 Å². The lowest BCUT2D eigenvalue weighted by molar-refractivity contribution is -0.139. The number of hydrogen-bond acceptors (Lipinski definition) is 3. The summed E-state index contributed by atoms with van der Waals surface area (Å²) in [6.45, 7) is 1.99. The maximum atomic E-state index is 11.2. The SMILES string of the molecule is CCc1cc(Br)c(CC(=O)OC)cc1C#N. The summed E-state index contributed by atoms with van der Waals surface area (Å²) in [5, 5.41) is 8.97. The number of hydrogen-bond donors (Lipinski definition) is 0. The van der Waals surface area contributed by atoms with Gasteiger partial charge in [0.1, 0.15) is 0 Å². The zero-order valence-corrected chi connectivity index (χ0v) is 10.8. The van der Waals surface area contributed by atoms with E-state index in [1.807, 2.05) is 13.0 Å². The molecule has 0 aliphatic heterocycles. The van der Waals surface area contributed by atoms with Crippen LogP contribution in [-0.2, 0) is 22.4 Å². The zero-order valence-electron chi connectivity index (χ0n) is 9.21. The second-order valence-electron chi connectivity index (χ2n) is 3.32. The molecule has 0 aromatic heterocycles. The van der Waals surface area contributed by atoms with Gasteiger partial charge in [-0.25, -0.2) is 0 Å². The van der Waals surface area contributed by atoms with Gasteiger partial charge in [0.15, 0.2) is 0 Å². The van der Waals surface area contributed by atoms with Crippen LogP contribution in [0.3, 0.4) is 0 Å². The van der Waals surface area contributed by atoms with Crippen molar-refractivity contribution in [3.05, 3.63) is 33.3 Å². The highest BCUT2D eigenvalue weighted by Crippen LogP contribution is 2.23. The Morgan fingerprint density at radius 2 is 2.19 bits per heavy atom. The standard InChI is InChI=1S/C12H12BrNO2/c1-3-8-5-11(13)9(4-10(8)7-14)6-12(15)16-2/h4-5H,3,6H2,1-2H3. The summed E-state index contributed by atoms with van der Waals surface area (Å²) in [7, 11) is 1.35. The minimum absolute atomic E-state index is 0.176. The van der Waals surface area contributed by atoms with Crippen molar-refractivity contribution in [2.75, 3.05) is 7.11 Å². The molecule has 1 aromatic rings. The molecule has 16 heavy (non-hydrogen) atoms. The van der Waals surface area contributed by atoms with Crippen LogP contribution >= 0.6 is 15.9 Å². The first kappa shape index (κ1) is 12.7. The van der Waals surface area contributed by atoms with E-state index in [-0.39, 0.29) is 12.4 Å². The highest BCUT2D eigenvalue weighted by molar-refractivity contribution is 9.10. The van der Waals surface area contributed by atoms with E-state index in [0.717, 1.165) is 22.0 Å². The first-order valence-corrected chi connectivity index (χ1v) is 5.69. The Bertz CT molecular complexity index is 449. The van der Waals surface area contributed by atoms with Gasteiger partial charge in [-0.2, -0.15) is 5.26 Å². The molecule has 3 nitrogen and oxygen atoms in total. The average Bonchev–Trinajstić information content (AvgIpc) is 2.30. The molecule has 0 heterocycles. The van der Waals surface area contributed by atoms with Crippen molar-refractivity contribution in [2.24, 2.45) is 0 Å². The molecule has 0 N–H and O–H groups in total. The summed E-state index contributed by atoms with van der Waals surface area (Å²) >= 11 is 3.39. The Morgan fingerprint density at radius 1 is 1.50 bits per heavy atom. The van der Waals surface area contributed by atoms with Gasteiger partial charge >= 0.3 is 5.97 Å². The van der Waals surface area contributed by atoms with E-state index in [1.54, 1.807) is 6.07 Å². The van der Waals surface area contributed by atoms with Gasteiger partial charge in [-0.05, 0) is 29.7 Å². The maximum Gasteiger partial charge on any atom is 0.310 e. The van der Waals surface area contributed by atoms with Crippen molar-refractivity contribution < 1.29 is 9.53 Å². The van der Waals surface area contributed by atoms with Gasteiger partial charge in [-0.15, -0.1) is 0 Å². The first-order chi connectivity index (χ1) is 7.62. The molecule has 1 aromatic carbocycles. The molecule has 0 atom stereocenters. The fraction of sp³-hybridized carbons (Fsp3) is 0.333. The number of methoxy groups -OCH3 is 1. The predicted molar refractivity (Wildman–Crippen MR) is 64.0 cm³/mol. The molecule has 4 heteroatoms. The minimum Gasteiger partial charge on any atom is -0.469 e. The van der Waals surface area contributed by atoms with E-state index in [9.17, 15) is 4.79 Å². The number of nitriles is 1. The van der Waals surface area contributed by atoms with Crippen molar-refractivity contribution in [1.29, 1.82) is 5.26 Å². The molecular formula is C12H12BrNO2. The van der Waals surface area contributed by atoms with E-state index < -0.39 is 0 Å². The van der Waals surface area contributed by atoms with Gasteiger partial charge < -0.3 is 4.74 Å². The molecule has 0 amide bonds. The van der Waals surface area contributed by atoms with Crippen LogP contribution in [0.5, 0.6) is 0 Å². The highest BCUT2D eigenvalue weighted by atomic mass is 79.9. The fourth-order valence-electron chi connectivity index (χ4n) is 1.42. The van der Waals surface area contributed by atoms with Crippen molar-refractivity contribution in [3.8, 4) is 6.07 Å². The van der Waals surface area contributed by atoms with Crippen molar-refractivity contribution >= 4 is 21.9 Å². The summed E-state index contributed by atoms with van der Waals surface area (Å²) in [6.07, 6.45) is 0.968. The van der Waals surface area contributed by atoms with Crippen molar-refractivity contribution in [3.63, 3.8) is 0 Å². The number of benzene rings is 1. The monoisotopic (exact) mass is 281 g/mol. The summed E-state index contributed by atoms with van der Waals surface area (Å²) < 4.78 is 5.44. The third-order valence-corrected chi connectivity index (χ3v) is 3.07. The molecule has 0 aliphatic rings. The number of rotatable bonds is 3. The van der Waals surface area contributed by atoms with Crippen LogP contribution in [0.15, 0.2) is 16.6 Å². The lowest BCUT2D eigenvalue weighted by Crippen LogP contribution is -2.06. The normalized spacial score (nSPS) is 9.62. The second-order valence-corrected chi connectivity index (χ2v) is 4.17. The van der Waals surface area contributed by atoms with Crippen LogP contribution < -0.4 is 0 Å². The molecule has 0 spiro atoms. The van der Waals surface area contributed by atoms with Crippen molar-refractivity contribution in [2.45, 2.75) is 19.8 Å². The predicted octanol–water partition coefficient (Wildman–Crippen LogP) is 2.60. The maximum absolute atomic E-state index is 11.2. The van der Waals surface area contributed by atoms with Crippen LogP contribution in [0.2, 0.25) is 0 Å². The molecule has 0 aliphatic carbocycles. The van der Waals surface area contributed by atoms with Gasteiger partial charge in [0.05, 0.1) is 25.2 Å². The number of nitrogens with zero attached hydrogens (tertiary/aromatic N) is 1. The van der Waals surface area contributed by atoms with Gasteiger partial charge in [0.2, 0.25) is 0 Å². The molecule has 0 saturated heterocycles. The molecule has 0 bridgehead atoms. The summed E-state index contributed by atoms with van der Waals surface area (Å²) in [4.78, 5) is 11.2. The lowest BCUT2D eigenvalue weighted by atomic mass is 10.0. The molecule has 0 unspecified atom stereocenters. The zero-order chi connectivity index (χ0) is 12.1. The molecular weight excluding hydrogens is 270 g/mol. The minimum atomic E-state index is -0.311. The Morgan fingerprint density at radius 3 is 2.69 bits per heavy atom. The smallest absolute Gasteiger partial charge is 0.310 e. The van der Waals surface area contributed by atoms with Gasteiger partial charge in [-0.1, -0.05) is 22.9 Å². The topological polar surface area (TPSA) is 50.1 Å². The van der Waals surface area contributed by atoms with Crippen molar-refractivity contribution in [1.82, 2.24) is 0 Å². The van der Waals surface area contributed by atoms with Gasteiger partial charge in [-0.3, -0.25) is 4.79 Å². The highest BCUT2D eigenvalue weighted by Gasteiger charge is 2.10. The van der Waals surface area contributed by atoms with E-state index in [2.05, 4.69) is 26.7 Å².